The zero-order valence-corrected chi connectivity index (χ0v) is 14.1. The summed E-state index contributed by atoms with van der Waals surface area (Å²) >= 11 is 9.55. The standard InChI is InChI=1S/C15H19BrClN3/c1-11(2)9-20-15(18-10-19-20)7-13(8-16)12-3-5-14(17)6-4-12/h3-6,10-11,13H,7-9H2,1-2H3. The second kappa shape index (κ2) is 7.23. The molecule has 108 valence electrons. The predicted octanol–water partition coefficient (Wildman–Crippen LogP) is 4.31. The first-order valence-electron chi connectivity index (χ1n) is 6.78. The van der Waals surface area contributed by atoms with E-state index < -0.39 is 0 Å². The summed E-state index contributed by atoms with van der Waals surface area (Å²) in [5, 5.41) is 5.98. The van der Waals surface area contributed by atoms with Crippen LogP contribution in [-0.2, 0) is 13.0 Å². The van der Waals surface area contributed by atoms with Gasteiger partial charge in [-0.3, -0.25) is 0 Å². The molecule has 0 aliphatic heterocycles. The Morgan fingerprint density at radius 1 is 1.25 bits per heavy atom. The van der Waals surface area contributed by atoms with Gasteiger partial charge in [0.2, 0.25) is 0 Å². The average Bonchev–Trinajstić information content (AvgIpc) is 2.83. The number of rotatable bonds is 6. The molecule has 0 amide bonds. The number of nitrogens with zero attached hydrogens (tertiary/aromatic N) is 3. The van der Waals surface area contributed by atoms with Crippen molar-refractivity contribution in [1.29, 1.82) is 0 Å². The summed E-state index contributed by atoms with van der Waals surface area (Å²) in [4.78, 5) is 4.41. The third-order valence-electron chi connectivity index (χ3n) is 3.19. The third-order valence-corrected chi connectivity index (χ3v) is 4.22. The van der Waals surface area contributed by atoms with Crippen molar-refractivity contribution in [3.05, 3.63) is 47.0 Å². The normalized spacial score (nSPS) is 12.8. The van der Waals surface area contributed by atoms with Crippen LogP contribution in [0.15, 0.2) is 30.6 Å². The number of hydrogen-bond donors (Lipinski definition) is 0. The molecule has 3 nitrogen and oxygen atoms in total. The lowest BCUT2D eigenvalue weighted by atomic mass is 9.97. The molecule has 2 rings (SSSR count). The number of halogens is 2. The summed E-state index contributed by atoms with van der Waals surface area (Å²) in [6.45, 7) is 5.28. The molecule has 0 aliphatic carbocycles. The van der Waals surface area contributed by atoms with Crippen LogP contribution in [-0.4, -0.2) is 20.1 Å². The van der Waals surface area contributed by atoms with E-state index in [-0.39, 0.29) is 0 Å². The maximum atomic E-state index is 5.95. The average molecular weight is 357 g/mol. The SMILES string of the molecule is CC(C)Cn1ncnc1CC(CBr)c1ccc(Cl)cc1. The number of hydrogen-bond acceptors (Lipinski definition) is 2. The number of aromatic nitrogens is 3. The first kappa shape index (κ1) is 15.5. The van der Waals surface area contributed by atoms with Crippen LogP contribution < -0.4 is 0 Å². The summed E-state index contributed by atoms with van der Waals surface area (Å²) in [6.07, 6.45) is 2.52. The molecule has 0 aliphatic rings. The molecule has 0 saturated heterocycles. The van der Waals surface area contributed by atoms with Crippen molar-refractivity contribution in [3.8, 4) is 0 Å². The first-order valence-corrected chi connectivity index (χ1v) is 8.28. The van der Waals surface area contributed by atoms with E-state index in [1.54, 1.807) is 6.33 Å². The summed E-state index contributed by atoms with van der Waals surface area (Å²) in [5.41, 5.74) is 1.27. The molecule has 1 heterocycles. The van der Waals surface area contributed by atoms with Crippen molar-refractivity contribution in [2.75, 3.05) is 5.33 Å². The van der Waals surface area contributed by atoms with Gasteiger partial charge < -0.3 is 0 Å². The van der Waals surface area contributed by atoms with Crippen LogP contribution >= 0.6 is 27.5 Å². The maximum Gasteiger partial charge on any atom is 0.138 e. The number of alkyl halides is 1. The third kappa shape index (κ3) is 4.06. The van der Waals surface area contributed by atoms with E-state index in [2.05, 4.69) is 52.0 Å². The highest BCUT2D eigenvalue weighted by Crippen LogP contribution is 2.24. The Morgan fingerprint density at radius 3 is 2.55 bits per heavy atom. The minimum Gasteiger partial charge on any atom is -0.250 e. The highest BCUT2D eigenvalue weighted by Gasteiger charge is 2.15. The highest BCUT2D eigenvalue weighted by molar-refractivity contribution is 9.09. The Hall–Kier alpha value is -0.870. The molecule has 2 aromatic rings. The molecule has 20 heavy (non-hydrogen) atoms. The van der Waals surface area contributed by atoms with Crippen molar-refractivity contribution in [2.45, 2.75) is 32.7 Å². The van der Waals surface area contributed by atoms with Gasteiger partial charge in [0.05, 0.1) is 0 Å². The number of benzene rings is 1. The van der Waals surface area contributed by atoms with Crippen LogP contribution in [0.2, 0.25) is 5.02 Å². The van der Waals surface area contributed by atoms with E-state index in [1.165, 1.54) is 5.56 Å². The highest BCUT2D eigenvalue weighted by atomic mass is 79.9. The van der Waals surface area contributed by atoms with Crippen LogP contribution in [0.4, 0.5) is 0 Å². The van der Waals surface area contributed by atoms with Gasteiger partial charge in [0.1, 0.15) is 12.2 Å². The van der Waals surface area contributed by atoms with E-state index in [4.69, 9.17) is 11.6 Å². The summed E-state index contributed by atoms with van der Waals surface area (Å²) in [5.74, 6) is 1.98. The summed E-state index contributed by atoms with van der Waals surface area (Å²) in [7, 11) is 0. The van der Waals surface area contributed by atoms with Gasteiger partial charge in [-0.15, -0.1) is 0 Å². The molecule has 5 heteroatoms. The van der Waals surface area contributed by atoms with Gasteiger partial charge in [-0.05, 0) is 23.6 Å². The fraction of sp³-hybridized carbons (Fsp3) is 0.467. The van der Waals surface area contributed by atoms with E-state index in [0.717, 1.165) is 29.1 Å². The van der Waals surface area contributed by atoms with Gasteiger partial charge >= 0.3 is 0 Å². The zero-order chi connectivity index (χ0) is 14.5. The molecule has 0 saturated carbocycles. The minimum absolute atomic E-state index is 0.377. The summed E-state index contributed by atoms with van der Waals surface area (Å²) < 4.78 is 2.01. The van der Waals surface area contributed by atoms with Crippen molar-refractivity contribution in [1.82, 2.24) is 14.8 Å². The molecule has 1 atom stereocenters. The van der Waals surface area contributed by atoms with Crippen molar-refractivity contribution >= 4 is 27.5 Å². The predicted molar refractivity (Wildman–Crippen MR) is 86.6 cm³/mol. The van der Waals surface area contributed by atoms with Crippen LogP contribution in [0.25, 0.3) is 0 Å². The second-order valence-electron chi connectivity index (χ2n) is 5.36. The summed E-state index contributed by atoms with van der Waals surface area (Å²) in [6, 6.07) is 8.03. The molecular formula is C15H19BrClN3. The Kier molecular flexibility index (Phi) is 5.61. The van der Waals surface area contributed by atoms with Crippen LogP contribution in [0.3, 0.4) is 0 Å². The van der Waals surface area contributed by atoms with Gasteiger partial charge in [0, 0.05) is 29.2 Å². The Balaban J connectivity index is 2.14. The zero-order valence-electron chi connectivity index (χ0n) is 11.8. The van der Waals surface area contributed by atoms with Crippen molar-refractivity contribution in [3.63, 3.8) is 0 Å². The van der Waals surface area contributed by atoms with E-state index in [1.807, 2.05) is 16.8 Å². The smallest absolute Gasteiger partial charge is 0.138 e. The topological polar surface area (TPSA) is 30.7 Å². The fourth-order valence-electron chi connectivity index (χ4n) is 2.16. The van der Waals surface area contributed by atoms with E-state index in [0.29, 0.717) is 11.8 Å². The van der Waals surface area contributed by atoms with Gasteiger partial charge in [-0.2, -0.15) is 5.10 Å². The molecule has 0 radical (unpaired) electrons. The van der Waals surface area contributed by atoms with E-state index >= 15 is 0 Å². The van der Waals surface area contributed by atoms with Gasteiger partial charge in [-0.1, -0.05) is 53.5 Å². The van der Waals surface area contributed by atoms with Gasteiger partial charge in [-0.25, -0.2) is 9.67 Å². The minimum atomic E-state index is 0.377. The lowest BCUT2D eigenvalue weighted by molar-refractivity contribution is 0.461. The first-order chi connectivity index (χ1) is 9.60. The quantitative estimate of drug-likeness (QED) is 0.722. The van der Waals surface area contributed by atoms with Crippen LogP contribution in [0, 0.1) is 5.92 Å². The maximum absolute atomic E-state index is 5.95. The Bertz CT molecular complexity index is 536. The fourth-order valence-corrected chi connectivity index (χ4v) is 2.89. The molecule has 1 aromatic carbocycles. The molecule has 0 fully saturated rings. The Labute approximate surface area is 133 Å². The van der Waals surface area contributed by atoms with Gasteiger partial charge in [0.25, 0.3) is 0 Å². The molecule has 0 spiro atoms. The second-order valence-corrected chi connectivity index (χ2v) is 6.44. The Morgan fingerprint density at radius 2 is 1.95 bits per heavy atom. The van der Waals surface area contributed by atoms with Crippen LogP contribution in [0.5, 0.6) is 0 Å². The molecular weight excluding hydrogens is 338 g/mol. The molecule has 0 bridgehead atoms. The molecule has 1 aromatic heterocycles. The van der Waals surface area contributed by atoms with Gasteiger partial charge in [0.15, 0.2) is 0 Å². The lowest BCUT2D eigenvalue weighted by Gasteiger charge is -2.15. The van der Waals surface area contributed by atoms with Crippen molar-refractivity contribution in [2.24, 2.45) is 5.92 Å². The monoisotopic (exact) mass is 355 g/mol. The van der Waals surface area contributed by atoms with Crippen LogP contribution in [0.1, 0.15) is 31.2 Å². The van der Waals surface area contributed by atoms with E-state index in [9.17, 15) is 0 Å². The molecule has 0 N–H and O–H groups in total. The lowest BCUT2D eigenvalue weighted by Crippen LogP contribution is -2.14. The van der Waals surface area contributed by atoms with Crippen molar-refractivity contribution < 1.29 is 0 Å². The molecule has 1 unspecified atom stereocenters. The largest absolute Gasteiger partial charge is 0.250 e.